The molecule has 0 heterocycles. The van der Waals surface area contributed by atoms with Gasteiger partial charge in [0.2, 0.25) is 0 Å². The summed E-state index contributed by atoms with van der Waals surface area (Å²) in [5, 5.41) is 14.7. The number of fused-ring (bicyclic) bond motifs is 1. The number of aliphatic carboxylic acids is 1. The molecule has 0 bridgehead atoms. The van der Waals surface area contributed by atoms with E-state index in [0.717, 1.165) is 42.4 Å². The summed E-state index contributed by atoms with van der Waals surface area (Å²) in [4.78, 5) is 25.5. The van der Waals surface area contributed by atoms with Crippen LogP contribution in [0.5, 0.6) is 5.75 Å². The molecule has 2 aromatic carbocycles. The molecule has 5 heteroatoms. The largest absolute Gasteiger partial charge is 0.492 e. The second-order valence-corrected chi connectivity index (χ2v) is 9.46. The van der Waals surface area contributed by atoms with Gasteiger partial charge in [-0.15, -0.1) is 0 Å². The van der Waals surface area contributed by atoms with Gasteiger partial charge in [0.15, 0.2) is 0 Å². The van der Waals surface area contributed by atoms with Crippen LogP contribution in [0.3, 0.4) is 0 Å². The maximum absolute atomic E-state index is 13.4. The second-order valence-electron chi connectivity index (χ2n) is 9.46. The van der Waals surface area contributed by atoms with Crippen LogP contribution < -0.4 is 10.1 Å². The summed E-state index contributed by atoms with van der Waals surface area (Å²) in [6.45, 7) is 4.39. The molecule has 0 aliphatic heterocycles. The van der Waals surface area contributed by atoms with Gasteiger partial charge in [0.1, 0.15) is 11.3 Å². The summed E-state index contributed by atoms with van der Waals surface area (Å²) in [6.07, 6.45) is 11.1. The first-order chi connectivity index (χ1) is 16.0. The van der Waals surface area contributed by atoms with Gasteiger partial charge in [-0.25, -0.2) is 4.79 Å². The number of benzene rings is 2. The van der Waals surface area contributed by atoms with Crippen LogP contribution in [0.2, 0.25) is 0 Å². The van der Waals surface area contributed by atoms with Gasteiger partial charge in [-0.3, -0.25) is 4.79 Å². The fourth-order valence-corrected chi connectivity index (χ4v) is 5.00. The molecule has 180 valence electrons. The van der Waals surface area contributed by atoms with Crippen molar-refractivity contribution in [1.82, 2.24) is 5.32 Å². The van der Waals surface area contributed by atoms with E-state index >= 15 is 0 Å². The number of amides is 1. The molecular formula is C28H39NO4. The normalized spacial score (nSPS) is 16.3. The van der Waals surface area contributed by atoms with E-state index in [1.54, 1.807) is 6.07 Å². The second kappa shape index (κ2) is 12.1. The van der Waals surface area contributed by atoms with Gasteiger partial charge >= 0.3 is 5.97 Å². The number of carbonyl (C=O) groups is 2. The Hall–Kier alpha value is -2.56. The number of carboxylic acid groups (broad SMARTS) is 1. The third kappa shape index (κ3) is 6.27. The lowest BCUT2D eigenvalue weighted by Gasteiger charge is -2.30. The smallest absolute Gasteiger partial charge is 0.329 e. The highest BCUT2D eigenvalue weighted by molar-refractivity contribution is 6.05. The molecule has 33 heavy (non-hydrogen) atoms. The van der Waals surface area contributed by atoms with Crippen molar-refractivity contribution < 1.29 is 19.4 Å². The zero-order valence-electron chi connectivity index (χ0n) is 20.2. The molecule has 1 aliphatic rings. The first kappa shape index (κ1) is 25.1. The Kier molecular flexibility index (Phi) is 9.16. The van der Waals surface area contributed by atoms with Gasteiger partial charge in [0.25, 0.3) is 5.91 Å². The first-order valence-electron chi connectivity index (χ1n) is 12.7. The fourth-order valence-electron chi connectivity index (χ4n) is 5.00. The fraction of sp³-hybridized carbons (Fsp3) is 0.571. The molecular weight excluding hydrogens is 414 g/mol. The van der Waals surface area contributed by atoms with E-state index in [9.17, 15) is 14.7 Å². The molecule has 2 N–H and O–H groups in total. The third-order valence-electron chi connectivity index (χ3n) is 7.17. The topological polar surface area (TPSA) is 75.6 Å². The van der Waals surface area contributed by atoms with Crippen molar-refractivity contribution in [2.75, 3.05) is 6.61 Å². The molecule has 0 saturated heterocycles. The van der Waals surface area contributed by atoms with Crippen LogP contribution in [0.15, 0.2) is 36.4 Å². The van der Waals surface area contributed by atoms with Gasteiger partial charge in [0, 0.05) is 5.39 Å². The van der Waals surface area contributed by atoms with E-state index < -0.39 is 11.5 Å². The molecule has 0 radical (unpaired) electrons. The number of rotatable bonds is 12. The molecule has 1 aliphatic carbocycles. The Morgan fingerprint density at radius 2 is 1.82 bits per heavy atom. The van der Waals surface area contributed by atoms with Crippen LogP contribution in [-0.4, -0.2) is 29.1 Å². The van der Waals surface area contributed by atoms with Crippen molar-refractivity contribution in [2.24, 2.45) is 5.92 Å². The summed E-state index contributed by atoms with van der Waals surface area (Å²) < 4.78 is 6.24. The highest BCUT2D eigenvalue weighted by Gasteiger charge is 2.38. The minimum atomic E-state index is -1.27. The van der Waals surface area contributed by atoms with Crippen molar-refractivity contribution in [3.8, 4) is 5.75 Å². The van der Waals surface area contributed by atoms with Crippen LogP contribution in [-0.2, 0) is 4.79 Å². The van der Waals surface area contributed by atoms with Crippen molar-refractivity contribution in [3.05, 3.63) is 42.0 Å². The van der Waals surface area contributed by atoms with E-state index in [-0.39, 0.29) is 5.91 Å². The van der Waals surface area contributed by atoms with Crippen molar-refractivity contribution in [3.63, 3.8) is 0 Å². The molecule has 1 amide bonds. The lowest BCUT2D eigenvalue weighted by molar-refractivity contribution is -0.145. The zero-order chi connectivity index (χ0) is 23.7. The van der Waals surface area contributed by atoms with E-state index in [4.69, 9.17) is 4.74 Å². The molecule has 2 aromatic rings. The average Bonchev–Trinajstić information content (AvgIpc) is 2.84. The number of carboxylic acids is 1. The maximum atomic E-state index is 13.4. The summed E-state index contributed by atoms with van der Waals surface area (Å²) in [5.74, 6) is -0.0250. The Bertz CT molecular complexity index is 935. The first-order valence-corrected chi connectivity index (χ1v) is 12.7. The molecule has 1 atom stereocenters. The molecule has 1 saturated carbocycles. The quantitative estimate of drug-likeness (QED) is 0.349. The monoisotopic (exact) mass is 453 g/mol. The Morgan fingerprint density at radius 1 is 1.06 bits per heavy atom. The number of carbonyl (C=O) groups excluding carboxylic acids is 1. The maximum Gasteiger partial charge on any atom is 0.329 e. The van der Waals surface area contributed by atoms with Crippen LogP contribution >= 0.6 is 0 Å². The molecule has 1 fully saturated rings. The SMILES string of the molecule is CCCCC(CC)(NC(=O)c1ccc2ccccc2c1OCCCC1CCCCC1)C(=O)O. The zero-order valence-corrected chi connectivity index (χ0v) is 20.2. The highest BCUT2D eigenvalue weighted by atomic mass is 16.5. The average molecular weight is 454 g/mol. The van der Waals surface area contributed by atoms with E-state index in [1.807, 2.05) is 44.2 Å². The number of unbranched alkanes of at least 4 members (excludes halogenated alkanes) is 1. The lowest BCUT2D eigenvalue weighted by Crippen LogP contribution is -2.54. The summed E-state index contributed by atoms with van der Waals surface area (Å²) in [6, 6.07) is 11.5. The minimum Gasteiger partial charge on any atom is -0.492 e. The number of nitrogens with one attached hydrogen (secondary N) is 1. The molecule has 0 spiro atoms. The molecule has 0 aromatic heterocycles. The van der Waals surface area contributed by atoms with Crippen LogP contribution in [0.25, 0.3) is 10.8 Å². The summed E-state index contributed by atoms with van der Waals surface area (Å²) in [5.41, 5.74) is -0.862. The highest BCUT2D eigenvalue weighted by Crippen LogP contribution is 2.32. The third-order valence-corrected chi connectivity index (χ3v) is 7.17. The van der Waals surface area contributed by atoms with E-state index in [2.05, 4.69) is 5.32 Å². The Labute approximate surface area is 197 Å². The van der Waals surface area contributed by atoms with Gasteiger partial charge in [0.05, 0.1) is 12.2 Å². The Morgan fingerprint density at radius 3 is 2.52 bits per heavy atom. The van der Waals surface area contributed by atoms with Crippen molar-refractivity contribution >= 4 is 22.6 Å². The summed E-state index contributed by atoms with van der Waals surface area (Å²) in [7, 11) is 0. The van der Waals surface area contributed by atoms with Gasteiger partial charge < -0.3 is 15.2 Å². The molecule has 3 rings (SSSR count). The number of ether oxygens (including phenoxy) is 1. The standard InChI is InChI=1S/C28H39NO4/c1-3-5-19-28(4-2,27(31)32)29-26(30)24-18-17-22-15-9-10-16-23(22)25(24)33-20-11-14-21-12-7-6-8-13-21/h9-10,15-18,21H,3-8,11-14,19-20H2,1-2H3,(H,29,30)(H,31,32). The van der Waals surface area contributed by atoms with E-state index in [1.165, 1.54) is 32.1 Å². The minimum absolute atomic E-state index is 0.333. The van der Waals surface area contributed by atoms with E-state index in [0.29, 0.717) is 30.8 Å². The number of hydrogen-bond acceptors (Lipinski definition) is 3. The summed E-state index contributed by atoms with van der Waals surface area (Å²) >= 11 is 0. The Balaban J connectivity index is 1.80. The lowest BCUT2D eigenvalue weighted by atomic mass is 9.86. The van der Waals surface area contributed by atoms with Crippen molar-refractivity contribution in [2.45, 2.75) is 90.0 Å². The van der Waals surface area contributed by atoms with Gasteiger partial charge in [-0.1, -0.05) is 89.1 Å². The van der Waals surface area contributed by atoms with Crippen LogP contribution in [0, 0.1) is 5.92 Å². The predicted molar refractivity (Wildman–Crippen MR) is 133 cm³/mol. The number of hydrogen-bond donors (Lipinski definition) is 2. The van der Waals surface area contributed by atoms with Gasteiger partial charge in [-0.2, -0.15) is 0 Å². The van der Waals surface area contributed by atoms with Gasteiger partial charge in [-0.05, 0) is 43.1 Å². The predicted octanol–water partition coefficient (Wildman–Crippen LogP) is 6.73. The molecule has 5 nitrogen and oxygen atoms in total. The van der Waals surface area contributed by atoms with Crippen LogP contribution in [0.4, 0.5) is 0 Å². The molecule has 1 unspecified atom stereocenters. The van der Waals surface area contributed by atoms with Crippen LogP contribution in [0.1, 0.15) is 94.8 Å². The van der Waals surface area contributed by atoms with Crippen molar-refractivity contribution in [1.29, 1.82) is 0 Å².